The Morgan fingerprint density at radius 1 is 0.969 bits per heavy atom. The van der Waals surface area contributed by atoms with Gasteiger partial charge in [0.25, 0.3) is 0 Å². The van der Waals surface area contributed by atoms with Crippen molar-refractivity contribution in [2.45, 2.75) is 5.16 Å². The molecule has 0 saturated heterocycles. The van der Waals surface area contributed by atoms with Crippen molar-refractivity contribution in [3.63, 3.8) is 0 Å². The van der Waals surface area contributed by atoms with Gasteiger partial charge in [-0.3, -0.25) is 14.3 Å². The van der Waals surface area contributed by atoms with E-state index in [2.05, 4.69) is 20.5 Å². The molecule has 32 heavy (non-hydrogen) atoms. The summed E-state index contributed by atoms with van der Waals surface area (Å²) < 4.78 is 13.0. The van der Waals surface area contributed by atoms with Gasteiger partial charge in [-0.15, -0.1) is 10.2 Å². The summed E-state index contributed by atoms with van der Waals surface area (Å²) in [5.41, 5.74) is 2.25. The summed E-state index contributed by atoms with van der Waals surface area (Å²) in [7, 11) is 0. The summed E-state index contributed by atoms with van der Waals surface area (Å²) in [6.45, 7) is 1.02. The summed E-state index contributed by atoms with van der Waals surface area (Å²) in [6.07, 6.45) is 1.72. The molecular weight excluding hydrogens is 426 g/mol. The molecular formula is C23H19N5O3S. The zero-order valence-electron chi connectivity index (χ0n) is 17.0. The molecule has 9 heteroatoms. The van der Waals surface area contributed by atoms with Crippen LogP contribution in [0.25, 0.3) is 17.2 Å². The Morgan fingerprint density at radius 3 is 2.59 bits per heavy atom. The van der Waals surface area contributed by atoms with E-state index >= 15 is 0 Å². The Bertz CT molecular complexity index is 1230. The lowest BCUT2D eigenvalue weighted by atomic mass is 10.2. The molecule has 160 valence electrons. The smallest absolute Gasteiger partial charge is 0.234 e. The molecule has 0 radical (unpaired) electrons. The fraction of sp³-hybridized carbons (Fsp3) is 0.130. The minimum Gasteiger partial charge on any atom is -0.486 e. The van der Waals surface area contributed by atoms with Crippen molar-refractivity contribution in [3.05, 3.63) is 72.9 Å². The lowest BCUT2D eigenvalue weighted by molar-refractivity contribution is -0.113. The van der Waals surface area contributed by atoms with Crippen molar-refractivity contribution in [1.29, 1.82) is 0 Å². The van der Waals surface area contributed by atoms with E-state index in [1.165, 1.54) is 11.8 Å². The molecule has 8 nitrogen and oxygen atoms in total. The number of fused-ring (bicyclic) bond motifs is 1. The van der Waals surface area contributed by atoms with Gasteiger partial charge in [0.2, 0.25) is 5.91 Å². The van der Waals surface area contributed by atoms with Crippen LogP contribution in [0.15, 0.2) is 78.1 Å². The van der Waals surface area contributed by atoms with Crippen molar-refractivity contribution in [2.24, 2.45) is 0 Å². The molecule has 2 aromatic heterocycles. The summed E-state index contributed by atoms with van der Waals surface area (Å²) >= 11 is 1.31. The van der Waals surface area contributed by atoms with E-state index in [-0.39, 0.29) is 11.7 Å². The van der Waals surface area contributed by atoms with Crippen LogP contribution in [0.3, 0.4) is 0 Å². The normalized spacial score (nSPS) is 12.4. The predicted molar refractivity (Wildman–Crippen MR) is 121 cm³/mol. The van der Waals surface area contributed by atoms with E-state index in [0.29, 0.717) is 47.1 Å². The number of hydrogen-bond donors (Lipinski definition) is 1. The lowest BCUT2D eigenvalue weighted by Crippen LogP contribution is -2.17. The highest BCUT2D eigenvalue weighted by Gasteiger charge is 2.18. The number of amides is 1. The quantitative estimate of drug-likeness (QED) is 0.451. The van der Waals surface area contributed by atoms with Gasteiger partial charge in [0.05, 0.1) is 5.75 Å². The molecule has 0 saturated carbocycles. The third-order valence-corrected chi connectivity index (χ3v) is 5.63. The van der Waals surface area contributed by atoms with Crippen LogP contribution in [0.2, 0.25) is 0 Å². The number of aromatic nitrogens is 4. The van der Waals surface area contributed by atoms with Gasteiger partial charge in [-0.05, 0) is 36.4 Å². The van der Waals surface area contributed by atoms with Crippen LogP contribution in [0.1, 0.15) is 0 Å². The summed E-state index contributed by atoms with van der Waals surface area (Å²) in [6, 6.07) is 20.8. The Balaban J connectivity index is 1.34. The second-order valence-corrected chi connectivity index (χ2v) is 7.83. The van der Waals surface area contributed by atoms with Crippen molar-refractivity contribution in [1.82, 2.24) is 19.7 Å². The molecule has 5 rings (SSSR count). The molecule has 0 unspecified atom stereocenters. The standard InChI is InChI=1S/C23H19N5O3S/c29-21(25-16-9-10-19-20(14-16)31-13-12-30-19)15-32-23-27-26-22(18-8-4-5-11-24-18)28(23)17-6-2-1-3-7-17/h1-11,14H,12-13,15H2,(H,25,29). The van der Waals surface area contributed by atoms with Crippen LogP contribution >= 0.6 is 11.8 Å². The number of anilines is 1. The van der Waals surface area contributed by atoms with Crippen molar-refractivity contribution < 1.29 is 14.3 Å². The van der Waals surface area contributed by atoms with Gasteiger partial charge in [-0.2, -0.15) is 0 Å². The molecule has 0 atom stereocenters. The Kier molecular flexibility index (Phi) is 5.71. The van der Waals surface area contributed by atoms with Gasteiger partial charge < -0.3 is 14.8 Å². The molecule has 0 aliphatic carbocycles. The second-order valence-electron chi connectivity index (χ2n) is 6.89. The molecule has 0 fully saturated rings. The van der Waals surface area contributed by atoms with E-state index in [0.717, 1.165) is 5.69 Å². The third kappa shape index (κ3) is 4.28. The highest BCUT2D eigenvalue weighted by atomic mass is 32.2. The highest BCUT2D eigenvalue weighted by molar-refractivity contribution is 7.99. The van der Waals surface area contributed by atoms with Crippen molar-refractivity contribution in [2.75, 3.05) is 24.3 Å². The third-order valence-electron chi connectivity index (χ3n) is 4.70. The SMILES string of the molecule is O=C(CSc1nnc(-c2ccccn2)n1-c1ccccc1)Nc1ccc2c(c1)OCCO2. The Labute approximate surface area is 188 Å². The lowest BCUT2D eigenvalue weighted by Gasteiger charge is -2.19. The monoisotopic (exact) mass is 445 g/mol. The minimum absolute atomic E-state index is 0.159. The van der Waals surface area contributed by atoms with E-state index in [1.807, 2.05) is 53.1 Å². The number of pyridine rings is 1. The van der Waals surface area contributed by atoms with E-state index in [4.69, 9.17) is 9.47 Å². The summed E-state index contributed by atoms with van der Waals surface area (Å²) in [5.74, 6) is 1.94. The number of carbonyl (C=O) groups is 1. The van der Waals surface area contributed by atoms with Crippen LogP contribution < -0.4 is 14.8 Å². The Morgan fingerprint density at radius 2 is 1.78 bits per heavy atom. The van der Waals surface area contributed by atoms with Crippen LogP contribution in [-0.2, 0) is 4.79 Å². The summed E-state index contributed by atoms with van der Waals surface area (Å²) in [4.78, 5) is 17.0. The van der Waals surface area contributed by atoms with Gasteiger partial charge in [0, 0.05) is 23.6 Å². The van der Waals surface area contributed by atoms with Crippen LogP contribution in [-0.4, -0.2) is 44.6 Å². The zero-order valence-corrected chi connectivity index (χ0v) is 17.8. The van der Waals surface area contributed by atoms with Gasteiger partial charge in [-0.1, -0.05) is 36.0 Å². The Hall–Kier alpha value is -3.85. The minimum atomic E-state index is -0.159. The molecule has 2 aromatic carbocycles. The number of para-hydroxylation sites is 1. The van der Waals surface area contributed by atoms with Crippen molar-refractivity contribution >= 4 is 23.4 Å². The fourth-order valence-corrected chi connectivity index (χ4v) is 4.03. The molecule has 1 amide bonds. The zero-order chi connectivity index (χ0) is 21.8. The van der Waals surface area contributed by atoms with Crippen molar-refractivity contribution in [3.8, 4) is 28.7 Å². The van der Waals surface area contributed by atoms with Gasteiger partial charge >= 0.3 is 0 Å². The van der Waals surface area contributed by atoms with Crippen LogP contribution in [0, 0.1) is 0 Å². The number of ether oxygens (including phenoxy) is 2. The van der Waals surface area contributed by atoms with Gasteiger partial charge in [0.15, 0.2) is 22.5 Å². The van der Waals surface area contributed by atoms with Gasteiger partial charge in [0.1, 0.15) is 18.9 Å². The van der Waals surface area contributed by atoms with E-state index in [9.17, 15) is 4.79 Å². The average Bonchev–Trinajstić information content (AvgIpc) is 3.28. The number of rotatable bonds is 6. The molecule has 1 N–H and O–H groups in total. The first-order valence-corrected chi connectivity index (χ1v) is 11.0. The topological polar surface area (TPSA) is 91.2 Å². The predicted octanol–water partition coefficient (Wildman–Crippen LogP) is 3.83. The number of benzene rings is 2. The van der Waals surface area contributed by atoms with Gasteiger partial charge in [-0.25, -0.2) is 0 Å². The maximum Gasteiger partial charge on any atom is 0.234 e. The molecule has 1 aliphatic rings. The molecule has 0 bridgehead atoms. The molecule has 0 spiro atoms. The number of nitrogens with one attached hydrogen (secondary N) is 1. The fourth-order valence-electron chi connectivity index (χ4n) is 3.28. The average molecular weight is 446 g/mol. The number of thioether (sulfide) groups is 1. The largest absolute Gasteiger partial charge is 0.486 e. The molecule has 4 aromatic rings. The second kappa shape index (κ2) is 9.11. The highest BCUT2D eigenvalue weighted by Crippen LogP contribution is 2.33. The van der Waals surface area contributed by atoms with E-state index < -0.39 is 0 Å². The van der Waals surface area contributed by atoms with Crippen LogP contribution in [0.4, 0.5) is 5.69 Å². The molecule has 1 aliphatic heterocycles. The first-order valence-electron chi connectivity index (χ1n) is 10.0. The first-order chi connectivity index (χ1) is 15.8. The molecule has 3 heterocycles. The summed E-state index contributed by atoms with van der Waals surface area (Å²) in [5, 5.41) is 12.2. The number of hydrogen-bond acceptors (Lipinski definition) is 7. The number of carbonyl (C=O) groups excluding carboxylic acids is 1. The first kappa shape index (κ1) is 20.1. The van der Waals surface area contributed by atoms with E-state index in [1.54, 1.807) is 24.4 Å². The number of nitrogens with zero attached hydrogens (tertiary/aromatic N) is 4. The maximum atomic E-state index is 12.6. The maximum absolute atomic E-state index is 12.6. The van der Waals surface area contributed by atoms with Crippen LogP contribution in [0.5, 0.6) is 11.5 Å².